The highest BCUT2D eigenvalue weighted by Crippen LogP contribution is 2.19. The molecule has 0 aliphatic heterocycles. The fourth-order valence-corrected chi connectivity index (χ4v) is 2.13. The topological polar surface area (TPSA) is 73.0 Å². The summed E-state index contributed by atoms with van der Waals surface area (Å²) in [6.45, 7) is 5.00. The van der Waals surface area contributed by atoms with Gasteiger partial charge >= 0.3 is 0 Å². The standard InChI is InChI=1S/C14H18N4O2/c1-10-4-5-12(6-14(10)18(19)20)7-15-8-13-9-17(3)16-11(13)2/h4-6,9,15H,7-8H2,1-3H3. The summed E-state index contributed by atoms with van der Waals surface area (Å²) in [5.74, 6) is 0. The quantitative estimate of drug-likeness (QED) is 0.670. The molecule has 0 radical (unpaired) electrons. The van der Waals surface area contributed by atoms with Gasteiger partial charge in [-0.25, -0.2) is 0 Å². The lowest BCUT2D eigenvalue weighted by Gasteiger charge is -2.05. The molecule has 0 spiro atoms. The fraction of sp³-hybridized carbons (Fsp3) is 0.357. The van der Waals surface area contributed by atoms with E-state index in [1.807, 2.05) is 26.2 Å². The van der Waals surface area contributed by atoms with Gasteiger partial charge in [-0.3, -0.25) is 14.8 Å². The number of nitro benzene ring substituents is 1. The third-order valence-corrected chi connectivity index (χ3v) is 3.23. The Morgan fingerprint density at radius 1 is 1.35 bits per heavy atom. The molecule has 1 aromatic heterocycles. The molecule has 6 heteroatoms. The van der Waals surface area contributed by atoms with E-state index >= 15 is 0 Å². The molecule has 0 aliphatic rings. The summed E-state index contributed by atoms with van der Waals surface area (Å²) >= 11 is 0. The first-order valence-electron chi connectivity index (χ1n) is 6.41. The molecular weight excluding hydrogens is 256 g/mol. The molecule has 106 valence electrons. The first-order chi connectivity index (χ1) is 9.47. The summed E-state index contributed by atoms with van der Waals surface area (Å²) in [6.07, 6.45) is 1.97. The minimum atomic E-state index is -0.343. The fourth-order valence-electron chi connectivity index (χ4n) is 2.13. The molecule has 1 N–H and O–H groups in total. The second-order valence-corrected chi connectivity index (χ2v) is 4.89. The number of nitrogens with zero attached hydrogens (tertiary/aromatic N) is 3. The summed E-state index contributed by atoms with van der Waals surface area (Å²) in [7, 11) is 1.89. The normalized spacial score (nSPS) is 10.8. The van der Waals surface area contributed by atoms with E-state index in [-0.39, 0.29) is 10.6 Å². The lowest BCUT2D eigenvalue weighted by Crippen LogP contribution is -2.13. The van der Waals surface area contributed by atoms with Gasteiger partial charge in [-0.05, 0) is 19.4 Å². The maximum atomic E-state index is 10.9. The SMILES string of the molecule is Cc1ccc(CNCc2cn(C)nc2C)cc1[N+](=O)[O-]. The maximum absolute atomic E-state index is 10.9. The summed E-state index contributed by atoms with van der Waals surface area (Å²) in [6, 6.07) is 5.31. The minimum Gasteiger partial charge on any atom is -0.308 e. The van der Waals surface area contributed by atoms with Gasteiger partial charge in [0.05, 0.1) is 10.6 Å². The average molecular weight is 274 g/mol. The third kappa shape index (κ3) is 3.21. The van der Waals surface area contributed by atoms with E-state index in [4.69, 9.17) is 0 Å². The van der Waals surface area contributed by atoms with Crippen LogP contribution in [-0.2, 0) is 20.1 Å². The Kier molecular flexibility index (Phi) is 4.14. The zero-order valence-corrected chi connectivity index (χ0v) is 11.9. The van der Waals surface area contributed by atoms with E-state index in [1.54, 1.807) is 23.7 Å². The highest BCUT2D eigenvalue weighted by atomic mass is 16.6. The molecule has 0 unspecified atom stereocenters. The van der Waals surface area contributed by atoms with E-state index in [2.05, 4.69) is 10.4 Å². The van der Waals surface area contributed by atoms with Gasteiger partial charge in [0.15, 0.2) is 0 Å². The van der Waals surface area contributed by atoms with Crippen LogP contribution in [0.1, 0.15) is 22.4 Å². The number of aryl methyl sites for hydroxylation is 3. The monoisotopic (exact) mass is 274 g/mol. The number of nitro groups is 1. The van der Waals surface area contributed by atoms with Crippen LogP contribution in [0.4, 0.5) is 5.69 Å². The van der Waals surface area contributed by atoms with Crippen LogP contribution in [0.5, 0.6) is 0 Å². The molecule has 0 saturated heterocycles. The molecule has 2 aromatic rings. The minimum absolute atomic E-state index is 0.168. The molecule has 6 nitrogen and oxygen atoms in total. The lowest BCUT2D eigenvalue weighted by atomic mass is 10.1. The van der Waals surface area contributed by atoms with Crippen LogP contribution in [0.3, 0.4) is 0 Å². The number of hydrogen-bond donors (Lipinski definition) is 1. The molecule has 0 fully saturated rings. The van der Waals surface area contributed by atoms with Gasteiger partial charge in [0.1, 0.15) is 0 Å². The summed E-state index contributed by atoms with van der Waals surface area (Å²) in [4.78, 5) is 10.5. The van der Waals surface area contributed by atoms with Gasteiger partial charge in [-0.2, -0.15) is 5.10 Å². The zero-order valence-electron chi connectivity index (χ0n) is 11.9. The smallest absolute Gasteiger partial charge is 0.272 e. The van der Waals surface area contributed by atoms with E-state index in [0.29, 0.717) is 18.7 Å². The third-order valence-electron chi connectivity index (χ3n) is 3.23. The Hall–Kier alpha value is -2.21. The maximum Gasteiger partial charge on any atom is 0.272 e. The Morgan fingerprint density at radius 2 is 2.10 bits per heavy atom. The number of nitrogens with one attached hydrogen (secondary N) is 1. The second kappa shape index (κ2) is 5.83. The molecule has 1 heterocycles. The van der Waals surface area contributed by atoms with Crippen molar-refractivity contribution in [3.05, 3.63) is 56.9 Å². The van der Waals surface area contributed by atoms with E-state index in [1.165, 1.54) is 0 Å². The van der Waals surface area contributed by atoms with Crippen LogP contribution >= 0.6 is 0 Å². The molecule has 2 rings (SSSR count). The van der Waals surface area contributed by atoms with Crippen LogP contribution < -0.4 is 5.32 Å². The molecule has 0 aliphatic carbocycles. The Labute approximate surface area is 117 Å². The van der Waals surface area contributed by atoms with Gasteiger partial charge in [-0.15, -0.1) is 0 Å². The van der Waals surface area contributed by atoms with Crippen molar-refractivity contribution < 1.29 is 4.92 Å². The van der Waals surface area contributed by atoms with Crippen molar-refractivity contribution in [3.63, 3.8) is 0 Å². The van der Waals surface area contributed by atoms with Gasteiger partial charge in [0.2, 0.25) is 0 Å². The Bertz CT molecular complexity index is 634. The van der Waals surface area contributed by atoms with E-state index in [9.17, 15) is 10.1 Å². The predicted octanol–water partition coefficient (Wildman–Crippen LogP) is 2.23. The van der Waals surface area contributed by atoms with Crippen LogP contribution in [0.2, 0.25) is 0 Å². The number of rotatable bonds is 5. The van der Waals surface area contributed by atoms with Gasteiger partial charge in [0.25, 0.3) is 5.69 Å². The van der Waals surface area contributed by atoms with Crippen LogP contribution in [0, 0.1) is 24.0 Å². The molecular formula is C14H18N4O2. The van der Waals surface area contributed by atoms with Crippen molar-refractivity contribution in [2.45, 2.75) is 26.9 Å². The summed E-state index contributed by atoms with van der Waals surface area (Å²) in [5.41, 5.74) is 3.89. The van der Waals surface area contributed by atoms with Crippen molar-refractivity contribution in [2.24, 2.45) is 7.05 Å². The molecule has 20 heavy (non-hydrogen) atoms. The van der Waals surface area contributed by atoms with Gasteiger partial charge in [-0.1, -0.05) is 12.1 Å². The second-order valence-electron chi connectivity index (χ2n) is 4.89. The van der Waals surface area contributed by atoms with Gasteiger partial charge < -0.3 is 5.32 Å². The Balaban J connectivity index is 1.99. The Morgan fingerprint density at radius 3 is 2.70 bits per heavy atom. The molecule has 0 bridgehead atoms. The molecule has 0 atom stereocenters. The van der Waals surface area contributed by atoms with Crippen molar-refractivity contribution in [1.29, 1.82) is 0 Å². The highest BCUT2D eigenvalue weighted by Gasteiger charge is 2.10. The molecule has 1 aromatic carbocycles. The van der Waals surface area contributed by atoms with Crippen LogP contribution in [-0.4, -0.2) is 14.7 Å². The van der Waals surface area contributed by atoms with Crippen molar-refractivity contribution in [2.75, 3.05) is 0 Å². The summed E-state index contributed by atoms with van der Waals surface area (Å²) < 4.78 is 1.78. The highest BCUT2D eigenvalue weighted by molar-refractivity contribution is 5.42. The zero-order chi connectivity index (χ0) is 14.7. The predicted molar refractivity (Wildman–Crippen MR) is 76.3 cm³/mol. The van der Waals surface area contributed by atoms with E-state index < -0.39 is 0 Å². The van der Waals surface area contributed by atoms with E-state index in [0.717, 1.165) is 16.8 Å². The number of hydrogen-bond acceptors (Lipinski definition) is 4. The van der Waals surface area contributed by atoms with Crippen LogP contribution in [0.25, 0.3) is 0 Å². The molecule has 0 amide bonds. The first-order valence-corrected chi connectivity index (χ1v) is 6.41. The number of aromatic nitrogens is 2. The van der Waals surface area contributed by atoms with Crippen LogP contribution in [0.15, 0.2) is 24.4 Å². The largest absolute Gasteiger partial charge is 0.308 e. The van der Waals surface area contributed by atoms with Crippen molar-refractivity contribution in [3.8, 4) is 0 Å². The summed E-state index contributed by atoms with van der Waals surface area (Å²) in [5, 5.41) is 18.4. The lowest BCUT2D eigenvalue weighted by molar-refractivity contribution is -0.385. The number of benzene rings is 1. The average Bonchev–Trinajstić information content (AvgIpc) is 2.69. The van der Waals surface area contributed by atoms with Crippen molar-refractivity contribution >= 4 is 5.69 Å². The van der Waals surface area contributed by atoms with Crippen molar-refractivity contribution in [1.82, 2.24) is 15.1 Å². The first kappa shape index (κ1) is 14.2. The van der Waals surface area contributed by atoms with Gasteiger partial charge in [0, 0.05) is 43.5 Å². The molecule has 0 saturated carbocycles.